The van der Waals surface area contributed by atoms with Crippen LogP contribution in [0.25, 0.3) is 10.9 Å². The Bertz CT molecular complexity index is 631. The monoisotopic (exact) mass is 403 g/mol. The van der Waals surface area contributed by atoms with E-state index in [1.807, 2.05) is 25.1 Å². The molecule has 1 aromatic carbocycles. The fraction of sp³-hybridized carbons (Fsp3) is 0.333. The van der Waals surface area contributed by atoms with Gasteiger partial charge in [-0.3, -0.25) is 9.78 Å². The molecule has 0 amide bonds. The number of benzene rings is 1. The number of ether oxygens (including phenoxy) is 1. The van der Waals surface area contributed by atoms with E-state index in [1.54, 1.807) is 6.20 Å². The van der Waals surface area contributed by atoms with Gasteiger partial charge in [0.05, 0.1) is 15.2 Å². The molecule has 0 radical (unpaired) electrons. The topological polar surface area (TPSA) is 39.2 Å². The smallest absolute Gasteiger partial charge is 0.158 e. The number of hydrogen-bond donors (Lipinski definition) is 0. The van der Waals surface area contributed by atoms with Crippen LogP contribution in [0.3, 0.4) is 0 Å². The van der Waals surface area contributed by atoms with Crippen molar-refractivity contribution in [3.8, 4) is 5.75 Å². The average Bonchev–Trinajstić information content (AvgIpc) is 2.46. The van der Waals surface area contributed by atoms with Crippen LogP contribution in [-0.4, -0.2) is 17.4 Å². The lowest BCUT2D eigenvalue weighted by atomic mass is 10.2. The summed E-state index contributed by atoms with van der Waals surface area (Å²) in [7, 11) is 0. The molecular formula is C15H15ClINO2. The molecule has 0 fully saturated rings. The number of ketones is 1. The van der Waals surface area contributed by atoms with Gasteiger partial charge >= 0.3 is 0 Å². The number of hydrogen-bond acceptors (Lipinski definition) is 3. The van der Waals surface area contributed by atoms with Crippen LogP contribution >= 0.6 is 34.2 Å². The van der Waals surface area contributed by atoms with E-state index >= 15 is 0 Å². The van der Waals surface area contributed by atoms with Crippen LogP contribution in [0.4, 0.5) is 0 Å². The molecule has 0 N–H and O–H groups in total. The van der Waals surface area contributed by atoms with Crippen LogP contribution in [0.1, 0.15) is 26.2 Å². The average molecular weight is 404 g/mol. The van der Waals surface area contributed by atoms with Gasteiger partial charge in [-0.25, -0.2) is 0 Å². The van der Waals surface area contributed by atoms with Gasteiger partial charge in [-0.2, -0.15) is 0 Å². The number of fused-ring (bicyclic) bond motifs is 1. The number of aromatic nitrogens is 1. The van der Waals surface area contributed by atoms with Crippen molar-refractivity contribution in [2.24, 2.45) is 0 Å². The second-order valence-electron chi connectivity index (χ2n) is 4.41. The summed E-state index contributed by atoms with van der Waals surface area (Å²) in [6.07, 6.45) is 3.59. The first-order valence-electron chi connectivity index (χ1n) is 6.50. The molecule has 20 heavy (non-hydrogen) atoms. The third kappa shape index (κ3) is 3.61. The standard InChI is InChI=1S/C15H15ClINO2/c1-2-10(19)5-4-8-20-15-13(17)9-12(16)11-6-3-7-18-14(11)15/h3,6-7,9H,2,4-5,8H2,1H3. The van der Waals surface area contributed by atoms with Gasteiger partial charge in [0, 0.05) is 24.4 Å². The van der Waals surface area contributed by atoms with Crippen molar-refractivity contribution in [1.82, 2.24) is 4.98 Å². The first-order valence-corrected chi connectivity index (χ1v) is 7.96. The minimum Gasteiger partial charge on any atom is -0.490 e. The predicted molar refractivity (Wildman–Crippen MR) is 89.5 cm³/mol. The molecule has 0 aliphatic rings. The molecule has 0 bridgehead atoms. The Hall–Kier alpha value is -0.880. The summed E-state index contributed by atoms with van der Waals surface area (Å²) in [6, 6.07) is 5.65. The first kappa shape index (κ1) is 15.5. The van der Waals surface area contributed by atoms with Crippen molar-refractivity contribution in [1.29, 1.82) is 0 Å². The maximum Gasteiger partial charge on any atom is 0.158 e. The van der Waals surface area contributed by atoms with E-state index in [0.717, 1.165) is 26.6 Å². The number of pyridine rings is 1. The van der Waals surface area contributed by atoms with E-state index in [1.165, 1.54) is 0 Å². The Kier molecular flexibility index (Phi) is 5.60. The Balaban J connectivity index is 2.15. The second kappa shape index (κ2) is 7.22. The van der Waals surface area contributed by atoms with Gasteiger partial charge in [-0.1, -0.05) is 18.5 Å². The lowest BCUT2D eigenvalue weighted by Gasteiger charge is -2.11. The van der Waals surface area contributed by atoms with Gasteiger partial charge in [0.15, 0.2) is 5.75 Å². The molecular weight excluding hydrogens is 389 g/mol. The molecule has 0 aliphatic heterocycles. The van der Waals surface area contributed by atoms with Gasteiger partial charge in [0.1, 0.15) is 11.3 Å². The van der Waals surface area contributed by atoms with Crippen molar-refractivity contribution >= 4 is 50.9 Å². The summed E-state index contributed by atoms with van der Waals surface area (Å²) in [5.74, 6) is 1.01. The zero-order chi connectivity index (χ0) is 14.5. The quantitative estimate of drug-likeness (QED) is 0.521. The molecule has 0 saturated carbocycles. The highest BCUT2D eigenvalue weighted by molar-refractivity contribution is 14.1. The summed E-state index contributed by atoms with van der Waals surface area (Å²) in [4.78, 5) is 15.6. The normalized spacial score (nSPS) is 10.8. The summed E-state index contributed by atoms with van der Waals surface area (Å²) < 4.78 is 6.75. The zero-order valence-corrected chi connectivity index (χ0v) is 14.1. The third-order valence-corrected chi connectivity index (χ3v) is 4.11. The number of carbonyl (C=O) groups excluding carboxylic acids is 1. The van der Waals surface area contributed by atoms with Crippen LogP contribution in [0.5, 0.6) is 5.75 Å². The molecule has 0 spiro atoms. The third-order valence-electron chi connectivity index (χ3n) is 2.99. The van der Waals surface area contributed by atoms with Gasteiger partial charge < -0.3 is 4.74 Å². The number of rotatable bonds is 6. The minimum absolute atomic E-state index is 0.266. The minimum atomic E-state index is 0.266. The summed E-state index contributed by atoms with van der Waals surface area (Å²) in [5.41, 5.74) is 0.770. The Morgan fingerprint density at radius 1 is 1.50 bits per heavy atom. The van der Waals surface area contributed by atoms with Crippen LogP contribution in [-0.2, 0) is 4.79 Å². The summed E-state index contributed by atoms with van der Waals surface area (Å²) in [5, 5.41) is 1.56. The number of Topliss-reactive ketones (excluding diaryl/α,β-unsaturated/α-hetero) is 1. The fourth-order valence-corrected chi connectivity index (χ4v) is 3.07. The number of nitrogens with zero attached hydrogens (tertiary/aromatic N) is 1. The van der Waals surface area contributed by atoms with Crippen LogP contribution in [0.15, 0.2) is 24.4 Å². The lowest BCUT2D eigenvalue weighted by molar-refractivity contribution is -0.118. The molecule has 0 unspecified atom stereocenters. The van der Waals surface area contributed by atoms with Crippen molar-refractivity contribution < 1.29 is 9.53 Å². The lowest BCUT2D eigenvalue weighted by Crippen LogP contribution is -2.04. The molecule has 0 atom stereocenters. The highest BCUT2D eigenvalue weighted by Gasteiger charge is 2.12. The summed E-state index contributed by atoms with van der Waals surface area (Å²) >= 11 is 8.40. The molecule has 1 heterocycles. The van der Waals surface area contributed by atoms with Crippen molar-refractivity contribution in [3.63, 3.8) is 0 Å². The maximum atomic E-state index is 11.3. The van der Waals surface area contributed by atoms with E-state index < -0.39 is 0 Å². The van der Waals surface area contributed by atoms with Crippen molar-refractivity contribution in [2.75, 3.05) is 6.61 Å². The van der Waals surface area contributed by atoms with E-state index in [9.17, 15) is 4.79 Å². The Morgan fingerprint density at radius 3 is 3.05 bits per heavy atom. The number of halogens is 2. The molecule has 106 valence electrons. The largest absolute Gasteiger partial charge is 0.490 e. The molecule has 5 heteroatoms. The van der Waals surface area contributed by atoms with E-state index in [2.05, 4.69) is 27.6 Å². The second-order valence-corrected chi connectivity index (χ2v) is 5.98. The Morgan fingerprint density at radius 2 is 2.30 bits per heavy atom. The molecule has 0 saturated heterocycles. The van der Waals surface area contributed by atoms with E-state index in [0.29, 0.717) is 24.5 Å². The van der Waals surface area contributed by atoms with Crippen molar-refractivity contribution in [2.45, 2.75) is 26.2 Å². The van der Waals surface area contributed by atoms with Gasteiger partial charge in [-0.15, -0.1) is 0 Å². The number of carbonyl (C=O) groups is 1. The van der Waals surface area contributed by atoms with Gasteiger partial charge in [-0.05, 0) is 47.2 Å². The van der Waals surface area contributed by atoms with Crippen LogP contribution in [0.2, 0.25) is 5.02 Å². The molecule has 0 aliphatic carbocycles. The predicted octanol–water partition coefficient (Wildman–Crippen LogP) is 4.63. The highest BCUT2D eigenvalue weighted by Crippen LogP contribution is 2.34. The van der Waals surface area contributed by atoms with Crippen LogP contribution in [0, 0.1) is 3.57 Å². The fourth-order valence-electron chi connectivity index (χ4n) is 1.90. The maximum absolute atomic E-state index is 11.3. The van der Waals surface area contributed by atoms with Gasteiger partial charge in [0.2, 0.25) is 0 Å². The SMILES string of the molecule is CCC(=O)CCCOc1c(I)cc(Cl)c2cccnc12. The van der Waals surface area contributed by atoms with E-state index in [4.69, 9.17) is 16.3 Å². The molecule has 3 nitrogen and oxygen atoms in total. The van der Waals surface area contributed by atoms with Crippen molar-refractivity contribution in [3.05, 3.63) is 33.0 Å². The first-order chi connectivity index (χ1) is 9.63. The Labute approximate surface area is 136 Å². The molecule has 2 rings (SSSR count). The molecule has 2 aromatic rings. The highest BCUT2D eigenvalue weighted by atomic mass is 127. The summed E-state index contributed by atoms with van der Waals surface area (Å²) in [6.45, 7) is 2.39. The van der Waals surface area contributed by atoms with Crippen LogP contribution < -0.4 is 4.74 Å². The molecule has 1 aromatic heterocycles. The van der Waals surface area contributed by atoms with Gasteiger partial charge in [0.25, 0.3) is 0 Å². The zero-order valence-electron chi connectivity index (χ0n) is 11.2. The van der Waals surface area contributed by atoms with E-state index in [-0.39, 0.29) is 5.78 Å².